The molecule has 0 radical (unpaired) electrons. The first-order valence-electron chi connectivity index (χ1n) is 19.0. The third-order valence-electron chi connectivity index (χ3n) is 11.7. The Kier molecular flexibility index (Phi) is 9.64. The van der Waals surface area contributed by atoms with Crippen LogP contribution >= 0.6 is 34.8 Å². The first-order chi connectivity index (χ1) is 26.4. The van der Waals surface area contributed by atoms with Crippen LogP contribution in [-0.4, -0.2) is 62.9 Å². The van der Waals surface area contributed by atoms with E-state index in [-0.39, 0.29) is 17.9 Å². The Hall–Kier alpha value is -4.34. The van der Waals surface area contributed by atoms with Crippen LogP contribution in [0.4, 0.5) is 11.5 Å². The number of H-pyrrole nitrogens is 1. The largest absolute Gasteiger partial charge is 0.352 e. The average molecular weight is 779 g/mol. The number of nitrogens with zero attached hydrogens (tertiary/aromatic N) is 5. The number of piperazine rings is 1. The van der Waals surface area contributed by atoms with Crippen molar-refractivity contribution in [2.75, 3.05) is 36.4 Å². The second kappa shape index (κ2) is 14.7. The molecule has 8 nitrogen and oxygen atoms in total. The van der Waals surface area contributed by atoms with Gasteiger partial charge in [0.25, 0.3) is 5.91 Å². The Morgan fingerprint density at radius 3 is 2.48 bits per heavy atom. The zero-order valence-electron chi connectivity index (χ0n) is 30.2. The van der Waals surface area contributed by atoms with Crippen molar-refractivity contribution in [3.63, 3.8) is 0 Å². The third kappa shape index (κ3) is 6.37. The van der Waals surface area contributed by atoms with Gasteiger partial charge in [0.2, 0.25) is 0 Å². The lowest BCUT2D eigenvalue weighted by molar-refractivity contribution is 0.102. The highest BCUT2D eigenvalue weighted by atomic mass is 35.5. The second-order valence-electron chi connectivity index (χ2n) is 14.9. The number of rotatable bonds is 6. The third-order valence-corrected chi connectivity index (χ3v) is 12.5. The summed E-state index contributed by atoms with van der Waals surface area (Å²) >= 11 is 20.3. The molecule has 9 rings (SSSR count). The highest BCUT2D eigenvalue weighted by molar-refractivity contribution is 6.35. The number of anilines is 2. The number of carbonyl (C=O) groups excluding carboxylic acids is 1. The van der Waals surface area contributed by atoms with Crippen molar-refractivity contribution in [1.82, 2.24) is 24.8 Å². The molecular weight excluding hydrogens is 737 g/mol. The number of hydrogen-bond donors (Lipinski definition) is 2. The van der Waals surface area contributed by atoms with Gasteiger partial charge in [-0.25, -0.2) is 9.97 Å². The average Bonchev–Trinajstić information content (AvgIpc) is 3.48. The van der Waals surface area contributed by atoms with Crippen molar-refractivity contribution in [1.29, 1.82) is 0 Å². The first kappa shape index (κ1) is 35.4. The Bertz CT molecular complexity index is 2290. The van der Waals surface area contributed by atoms with Crippen molar-refractivity contribution in [2.24, 2.45) is 5.92 Å². The Morgan fingerprint density at radius 2 is 1.70 bits per heavy atom. The van der Waals surface area contributed by atoms with Gasteiger partial charge < -0.3 is 20.1 Å². The van der Waals surface area contributed by atoms with E-state index in [1.807, 2.05) is 30.3 Å². The lowest BCUT2D eigenvalue weighted by atomic mass is 9.82. The van der Waals surface area contributed by atoms with E-state index in [0.29, 0.717) is 32.5 Å². The van der Waals surface area contributed by atoms with Crippen molar-refractivity contribution in [3.8, 4) is 0 Å². The fraction of sp³-hybridized carbons (Fsp3) is 0.326. The first-order valence-corrected chi connectivity index (χ1v) is 20.1. The quantitative estimate of drug-likeness (QED) is 0.179. The van der Waals surface area contributed by atoms with E-state index in [0.717, 1.165) is 82.8 Å². The molecule has 2 atom stereocenters. The van der Waals surface area contributed by atoms with Crippen LogP contribution in [0.3, 0.4) is 0 Å². The lowest BCUT2D eigenvalue weighted by Crippen LogP contribution is -2.51. The van der Waals surface area contributed by atoms with E-state index in [1.165, 1.54) is 32.1 Å². The number of allylic oxidation sites excluding steroid dienone is 2. The van der Waals surface area contributed by atoms with Crippen LogP contribution in [0.25, 0.3) is 22.2 Å². The van der Waals surface area contributed by atoms with E-state index < -0.39 is 0 Å². The summed E-state index contributed by atoms with van der Waals surface area (Å²) in [5, 5.41) is 5.86. The number of hydrogen-bond acceptors (Lipinski definition) is 6. The molecule has 3 aliphatic heterocycles. The zero-order chi connectivity index (χ0) is 36.9. The predicted octanol–water partition coefficient (Wildman–Crippen LogP) is 10.5. The van der Waals surface area contributed by atoms with Crippen LogP contribution in [0.15, 0.2) is 85.5 Å². The molecule has 3 aromatic carbocycles. The molecule has 1 amide bonds. The molecule has 0 spiro atoms. The maximum Gasteiger partial charge on any atom is 0.272 e. The van der Waals surface area contributed by atoms with E-state index in [9.17, 15) is 4.79 Å². The molecule has 2 fully saturated rings. The van der Waals surface area contributed by atoms with E-state index in [4.69, 9.17) is 39.8 Å². The molecule has 1 saturated heterocycles. The standard InChI is InChI=1S/C43H42Cl3N7O/c1-26-9-8-16-53-40(31-15-14-28(44)22-33(31)46)32-21-29(45)23-34-37(32)38(41(53)36(26)27-10-4-2-5-11-27)39(49-34)43(54)50-35-24-47-25-48-42(35)52-19-17-51(18-20-52)30-12-6-3-7-13-30/h2,4-5,8,10-11,14-16,21-26,30,40,49H,3,6-7,9,12-13,17-20H2,1H3,(H,50,54). The molecule has 2 unspecified atom stereocenters. The summed E-state index contributed by atoms with van der Waals surface area (Å²) in [4.78, 5) is 34.6. The van der Waals surface area contributed by atoms with Gasteiger partial charge in [-0.3, -0.25) is 9.69 Å². The van der Waals surface area contributed by atoms with Gasteiger partial charge in [-0.2, -0.15) is 0 Å². The maximum atomic E-state index is 14.9. The minimum absolute atomic E-state index is 0.140. The van der Waals surface area contributed by atoms with Gasteiger partial charge in [0.05, 0.1) is 17.9 Å². The topological polar surface area (TPSA) is 80.4 Å². The van der Waals surface area contributed by atoms with E-state index in [1.54, 1.807) is 18.6 Å². The summed E-state index contributed by atoms with van der Waals surface area (Å²) in [5.41, 5.74) is 7.66. The Morgan fingerprint density at radius 1 is 0.907 bits per heavy atom. The fourth-order valence-corrected chi connectivity index (χ4v) is 9.93. The van der Waals surface area contributed by atoms with Gasteiger partial charge >= 0.3 is 0 Å². The van der Waals surface area contributed by atoms with Gasteiger partial charge in [0.1, 0.15) is 17.7 Å². The molecule has 4 aliphatic rings. The van der Waals surface area contributed by atoms with Crippen molar-refractivity contribution in [2.45, 2.75) is 57.5 Å². The summed E-state index contributed by atoms with van der Waals surface area (Å²) in [6.45, 7) is 5.90. The monoisotopic (exact) mass is 777 g/mol. The van der Waals surface area contributed by atoms with E-state index >= 15 is 0 Å². The smallest absolute Gasteiger partial charge is 0.272 e. The molecule has 2 aromatic heterocycles. The van der Waals surface area contributed by atoms with Gasteiger partial charge in [-0.1, -0.05) is 103 Å². The zero-order valence-corrected chi connectivity index (χ0v) is 32.4. The molecule has 1 saturated carbocycles. The summed E-state index contributed by atoms with van der Waals surface area (Å²) in [6.07, 6.45) is 15.0. The van der Waals surface area contributed by atoms with Crippen LogP contribution in [-0.2, 0) is 0 Å². The second-order valence-corrected chi connectivity index (χ2v) is 16.2. The number of nitrogens with one attached hydrogen (secondary N) is 2. The number of carbonyl (C=O) groups is 1. The molecule has 54 heavy (non-hydrogen) atoms. The normalized spacial score (nSPS) is 20.7. The van der Waals surface area contributed by atoms with Crippen LogP contribution in [0.5, 0.6) is 0 Å². The van der Waals surface area contributed by atoms with Crippen molar-refractivity contribution >= 4 is 74.4 Å². The Balaban J connectivity index is 1.17. The summed E-state index contributed by atoms with van der Waals surface area (Å²) in [6, 6.07) is 20.3. The van der Waals surface area contributed by atoms with Gasteiger partial charge in [0.15, 0.2) is 5.82 Å². The summed E-state index contributed by atoms with van der Waals surface area (Å²) in [7, 11) is 0. The highest BCUT2D eigenvalue weighted by Gasteiger charge is 2.40. The molecule has 1 aliphatic carbocycles. The number of aromatic nitrogens is 3. The molecule has 5 aromatic rings. The van der Waals surface area contributed by atoms with Crippen LogP contribution in [0, 0.1) is 5.92 Å². The molecule has 11 heteroatoms. The van der Waals surface area contributed by atoms with Crippen molar-refractivity contribution in [3.05, 3.63) is 128 Å². The van der Waals surface area contributed by atoms with Crippen LogP contribution in [0.2, 0.25) is 15.1 Å². The number of halogens is 3. The van der Waals surface area contributed by atoms with Gasteiger partial charge in [-0.15, -0.1) is 0 Å². The highest BCUT2D eigenvalue weighted by Crippen LogP contribution is 2.53. The minimum Gasteiger partial charge on any atom is -0.352 e. The maximum absolute atomic E-state index is 14.9. The molecular formula is C43H42Cl3N7O. The predicted molar refractivity (Wildman–Crippen MR) is 220 cm³/mol. The van der Waals surface area contributed by atoms with Gasteiger partial charge in [-0.05, 0) is 71.7 Å². The lowest BCUT2D eigenvalue weighted by Gasteiger charge is -2.41. The number of fused-ring (bicyclic) bond motifs is 2. The van der Waals surface area contributed by atoms with Crippen molar-refractivity contribution < 1.29 is 4.79 Å². The fourth-order valence-electron chi connectivity index (χ4n) is 9.20. The molecule has 2 N–H and O–H groups in total. The molecule has 276 valence electrons. The molecule has 0 bridgehead atoms. The number of aromatic amines is 1. The van der Waals surface area contributed by atoms with Crippen LogP contribution in [0.1, 0.15) is 84.2 Å². The summed E-state index contributed by atoms with van der Waals surface area (Å²) < 4.78 is 0. The minimum atomic E-state index is -0.341. The van der Waals surface area contributed by atoms with E-state index in [2.05, 4.69) is 73.4 Å². The molecule has 5 heterocycles. The Labute approximate surface area is 330 Å². The number of amides is 1. The van der Waals surface area contributed by atoms with Gasteiger partial charge in [0, 0.05) is 70.0 Å². The SMILES string of the molecule is CC1CC=CN2C(=C1c1ccccc1)c1c(C(=O)Nc3cncnc3N3CCN(C4CCCCC4)CC3)[nH]c3cc(Cl)cc(c13)C2c1ccc(Cl)cc1Cl. The summed E-state index contributed by atoms with van der Waals surface area (Å²) in [5.74, 6) is 0.606. The van der Waals surface area contributed by atoms with Crippen LogP contribution < -0.4 is 10.2 Å². The number of benzene rings is 3.